The molecule has 0 unspecified atom stereocenters. The number of hydrogen-bond donors (Lipinski definition) is 1. The van der Waals surface area contributed by atoms with Crippen LogP contribution in [-0.4, -0.2) is 41.4 Å². The fourth-order valence-corrected chi connectivity index (χ4v) is 2.60. The van der Waals surface area contributed by atoms with E-state index >= 15 is 0 Å². The van der Waals surface area contributed by atoms with Gasteiger partial charge in [-0.05, 0) is 43.4 Å². The second-order valence-corrected chi connectivity index (χ2v) is 5.09. The van der Waals surface area contributed by atoms with Crippen LogP contribution in [0.3, 0.4) is 0 Å². The predicted molar refractivity (Wildman–Crippen MR) is 69.4 cm³/mol. The van der Waals surface area contributed by atoms with Crippen molar-refractivity contribution >= 4 is 17.7 Å². The number of aliphatic hydroxyl groups is 1. The highest BCUT2D eigenvalue weighted by Gasteiger charge is 2.28. The minimum Gasteiger partial charge on any atom is -0.394 e. The van der Waals surface area contributed by atoms with Gasteiger partial charge in [-0.25, -0.2) is 0 Å². The Morgan fingerprint density at radius 3 is 2.76 bits per heavy atom. The average molecular weight is 251 g/mol. The Labute approximate surface area is 106 Å². The molecule has 1 saturated heterocycles. The molecule has 2 rings (SSSR count). The summed E-state index contributed by atoms with van der Waals surface area (Å²) < 4.78 is 0. The highest BCUT2D eigenvalue weighted by molar-refractivity contribution is 7.98. The molecule has 4 heteroatoms. The normalized spacial score (nSPS) is 19.6. The molecule has 1 N–H and O–H groups in total. The van der Waals surface area contributed by atoms with Gasteiger partial charge < -0.3 is 10.0 Å². The molecule has 0 saturated carbocycles. The number of hydrogen-bond acceptors (Lipinski definition) is 3. The highest BCUT2D eigenvalue weighted by Crippen LogP contribution is 2.21. The van der Waals surface area contributed by atoms with E-state index in [1.54, 1.807) is 16.7 Å². The van der Waals surface area contributed by atoms with Crippen LogP contribution in [0.1, 0.15) is 23.2 Å². The van der Waals surface area contributed by atoms with Crippen molar-refractivity contribution in [1.29, 1.82) is 0 Å². The zero-order chi connectivity index (χ0) is 12.3. The summed E-state index contributed by atoms with van der Waals surface area (Å²) in [5, 5.41) is 9.22. The Morgan fingerprint density at radius 1 is 1.47 bits per heavy atom. The molecule has 1 aliphatic heterocycles. The van der Waals surface area contributed by atoms with Crippen LogP contribution in [0.2, 0.25) is 0 Å². The van der Waals surface area contributed by atoms with Crippen LogP contribution in [0.25, 0.3) is 0 Å². The number of aliphatic hydroxyl groups excluding tert-OH is 1. The van der Waals surface area contributed by atoms with Crippen molar-refractivity contribution in [3.05, 3.63) is 29.8 Å². The van der Waals surface area contributed by atoms with Gasteiger partial charge in [0.25, 0.3) is 5.91 Å². The molecule has 92 valence electrons. The lowest BCUT2D eigenvalue weighted by Crippen LogP contribution is -2.37. The molecule has 1 amide bonds. The quantitative estimate of drug-likeness (QED) is 0.835. The molecule has 1 aromatic rings. The van der Waals surface area contributed by atoms with Gasteiger partial charge in [-0.1, -0.05) is 0 Å². The highest BCUT2D eigenvalue weighted by atomic mass is 32.2. The molecule has 0 spiro atoms. The number of amides is 1. The van der Waals surface area contributed by atoms with Gasteiger partial charge in [0.05, 0.1) is 12.6 Å². The SMILES string of the molecule is CSc1ccc(C(=O)N2CCC[C@H]2CO)cc1. The van der Waals surface area contributed by atoms with Gasteiger partial charge in [-0.15, -0.1) is 11.8 Å². The van der Waals surface area contributed by atoms with E-state index in [4.69, 9.17) is 0 Å². The van der Waals surface area contributed by atoms with Gasteiger partial charge in [-0.2, -0.15) is 0 Å². The number of likely N-dealkylation sites (tertiary alicyclic amines) is 1. The van der Waals surface area contributed by atoms with E-state index < -0.39 is 0 Å². The number of benzene rings is 1. The summed E-state index contributed by atoms with van der Waals surface area (Å²) in [5.74, 6) is 0.0363. The topological polar surface area (TPSA) is 40.5 Å². The lowest BCUT2D eigenvalue weighted by Gasteiger charge is -2.23. The van der Waals surface area contributed by atoms with Crippen molar-refractivity contribution in [3.63, 3.8) is 0 Å². The van der Waals surface area contributed by atoms with E-state index in [0.717, 1.165) is 24.3 Å². The number of nitrogens with zero attached hydrogens (tertiary/aromatic N) is 1. The monoisotopic (exact) mass is 251 g/mol. The second-order valence-electron chi connectivity index (χ2n) is 4.21. The molecule has 1 fully saturated rings. The van der Waals surface area contributed by atoms with E-state index in [0.29, 0.717) is 5.56 Å². The zero-order valence-electron chi connectivity index (χ0n) is 9.93. The van der Waals surface area contributed by atoms with Gasteiger partial charge in [0.1, 0.15) is 0 Å². The van der Waals surface area contributed by atoms with Gasteiger partial charge in [-0.3, -0.25) is 4.79 Å². The van der Waals surface area contributed by atoms with E-state index in [1.807, 2.05) is 30.5 Å². The molecule has 1 heterocycles. The van der Waals surface area contributed by atoms with Gasteiger partial charge >= 0.3 is 0 Å². The first-order valence-electron chi connectivity index (χ1n) is 5.82. The van der Waals surface area contributed by atoms with Crippen LogP contribution < -0.4 is 0 Å². The summed E-state index contributed by atoms with van der Waals surface area (Å²) in [6.07, 6.45) is 3.91. The van der Waals surface area contributed by atoms with E-state index in [9.17, 15) is 9.90 Å². The number of carbonyl (C=O) groups is 1. The zero-order valence-corrected chi connectivity index (χ0v) is 10.7. The third kappa shape index (κ3) is 2.64. The van der Waals surface area contributed by atoms with Crippen molar-refractivity contribution in [2.24, 2.45) is 0 Å². The van der Waals surface area contributed by atoms with Crippen molar-refractivity contribution < 1.29 is 9.90 Å². The van der Waals surface area contributed by atoms with E-state index in [2.05, 4.69) is 0 Å². The van der Waals surface area contributed by atoms with Crippen molar-refractivity contribution in [2.45, 2.75) is 23.8 Å². The molecule has 1 atom stereocenters. The first-order chi connectivity index (χ1) is 8.26. The standard InChI is InChI=1S/C13H17NO2S/c1-17-12-6-4-10(5-7-12)13(16)14-8-2-3-11(14)9-15/h4-7,11,15H,2-3,8-9H2,1H3/t11-/m0/s1. The summed E-state index contributed by atoms with van der Waals surface area (Å²) in [7, 11) is 0. The maximum Gasteiger partial charge on any atom is 0.254 e. The smallest absolute Gasteiger partial charge is 0.254 e. The van der Waals surface area contributed by atoms with Gasteiger partial charge in [0, 0.05) is 17.0 Å². The van der Waals surface area contributed by atoms with Crippen molar-refractivity contribution in [3.8, 4) is 0 Å². The largest absolute Gasteiger partial charge is 0.394 e. The van der Waals surface area contributed by atoms with Gasteiger partial charge in [0.2, 0.25) is 0 Å². The summed E-state index contributed by atoms with van der Waals surface area (Å²) in [5.41, 5.74) is 0.711. The van der Waals surface area contributed by atoms with Crippen molar-refractivity contribution in [1.82, 2.24) is 4.90 Å². The van der Waals surface area contributed by atoms with Gasteiger partial charge in [0.15, 0.2) is 0 Å². The Bertz CT molecular complexity index is 391. The maximum absolute atomic E-state index is 12.2. The van der Waals surface area contributed by atoms with Crippen LogP contribution >= 0.6 is 11.8 Å². The molecule has 0 aromatic heterocycles. The lowest BCUT2D eigenvalue weighted by atomic mass is 10.2. The molecule has 0 aliphatic carbocycles. The molecule has 0 radical (unpaired) electrons. The molecular formula is C13H17NO2S. The van der Waals surface area contributed by atoms with Crippen LogP contribution in [0, 0.1) is 0 Å². The maximum atomic E-state index is 12.2. The Hall–Kier alpha value is -1.00. The molecule has 1 aromatic carbocycles. The number of thioether (sulfide) groups is 1. The average Bonchev–Trinajstić information content (AvgIpc) is 2.86. The Balaban J connectivity index is 2.13. The van der Waals surface area contributed by atoms with Crippen LogP contribution in [-0.2, 0) is 0 Å². The summed E-state index contributed by atoms with van der Waals surface area (Å²) in [6.45, 7) is 0.822. The number of carbonyl (C=O) groups excluding carboxylic acids is 1. The minimum atomic E-state index is 0.00252. The molecule has 0 bridgehead atoms. The molecule has 1 aliphatic rings. The fourth-order valence-electron chi connectivity index (χ4n) is 2.19. The summed E-state index contributed by atoms with van der Waals surface area (Å²) >= 11 is 1.66. The molecule has 17 heavy (non-hydrogen) atoms. The van der Waals surface area contributed by atoms with Crippen molar-refractivity contribution in [2.75, 3.05) is 19.4 Å². The van der Waals surface area contributed by atoms with Crippen LogP contribution in [0.15, 0.2) is 29.2 Å². The number of rotatable bonds is 3. The van der Waals surface area contributed by atoms with E-state index in [-0.39, 0.29) is 18.6 Å². The van der Waals surface area contributed by atoms with Crippen LogP contribution in [0.4, 0.5) is 0 Å². The third-order valence-electron chi connectivity index (χ3n) is 3.19. The Kier molecular flexibility index (Phi) is 4.07. The first-order valence-corrected chi connectivity index (χ1v) is 7.04. The van der Waals surface area contributed by atoms with Crippen LogP contribution in [0.5, 0.6) is 0 Å². The third-order valence-corrected chi connectivity index (χ3v) is 3.93. The molecule has 3 nitrogen and oxygen atoms in total. The molecular weight excluding hydrogens is 234 g/mol. The summed E-state index contributed by atoms with van der Waals surface area (Å²) in [6, 6.07) is 7.65. The fraction of sp³-hybridized carbons (Fsp3) is 0.462. The Morgan fingerprint density at radius 2 is 2.18 bits per heavy atom. The summed E-state index contributed by atoms with van der Waals surface area (Å²) in [4.78, 5) is 15.2. The van der Waals surface area contributed by atoms with E-state index in [1.165, 1.54) is 0 Å². The lowest BCUT2D eigenvalue weighted by molar-refractivity contribution is 0.0677. The first kappa shape index (κ1) is 12.5. The predicted octanol–water partition coefficient (Wildman–Crippen LogP) is 2.01. The minimum absolute atomic E-state index is 0.00252. The second kappa shape index (κ2) is 5.56.